The minimum absolute atomic E-state index is 0.0561. The summed E-state index contributed by atoms with van der Waals surface area (Å²) in [4.78, 5) is 10.2. The predicted octanol–water partition coefficient (Wildman–Crippen LogP) is 2.65. The largest absolute Gasteiger partial charge is 0.494 e. The highest BCUT2D eigenvalue weighted by atomic mass is 35.7. The van der Waals surface area contributed by atoms with Crippen LogP contribution >= 0.6 is 10.7 Å². The highest BCUT2D eigenvalue weighted by molar-refractivity contribution is 8.13. The van der Waals surface area contributed by atoms with Crippen molar-refractivity contribution in [2.24, 2.45) is 0 Å². The molecule has 2 aromatic rings. The van der Waals surface area contributed by atoms with Crippen molar-refractivity contribution in [3.8, 4) is 17.2 Å². The van der Waals surface area contributed by atoms with E-state index in [1.165, 1.54) is 26.6 Å². The van der Waals surface area contributed by atoms with Crippen LogP contribution in [0.2, 0.25) is 0 Å². The van der Waals surface area contributed by atoms with Gasteiger partial charge in [0.25, 0.3) is 0 Å². The molecule has 0 aliphatic carbocycles. The second-order valence-electron chi connectivity index (χ2n) is 6.93. The molecule has 35 heavy (non-hydrogen) atoms. The van der Waals surface area contributed by atoms with Gasteiger partial charge in [-0.1, -0.05) is 6.08 Å². The van der Waals surface area contributed by atoms with Crippen LogP contribution in [0.5, 0.6) is 17.2 Å². The molecule has 0 saturated heterocycles. The van der Waals surface area contributed by atoms with E-state index in [9.17, 15) is 17.2 Å². The lowest BCUT2D eigenvalue weighted by atomic mass is 10.1. The Morgan fingerprint density at radius 2 is 1.74 bits per heavy atom. The Morgan fingerprint density at radius 3 is 2.26 bits per heavy atom. The van der Waals surface area contributed by atoms with Crippen LogP contribution in [0.15, 0.2) is 42.5 Å². The van der Waals surface area contributed by atoms with Gasteiger partial charge in [-0.2, -0.15) is 0 Å². The maximum Gasteiger partial charge on any atom is 0.229 e. The summed E-state index contributed by atoms with van der Waals surface area (Å²) >= 11 is 0. The topological polar surface area (TPSA) is 123 Å². The molecule has 0 bridgehead atoms. The Balaban J connectivity index is 0.000000784. The summed E-state index contributed by atoms with van der Waals surface area (Å²) in [5.41, 5.74) is 0.436. The SMILES string of the molecule is COc1cc(OC)c(F)c(COc2cnc(NC3=CN(CCO)CC=C3)nc2)c1F.CS(=O)(=O)Cl. The number of hydrogen-bond donors (Lipinski definition) is 2. The predicted molar refractivity (Wildman–Crippen MR) is 126 cm³/mol. The molecule has 0 radical (unpaired) electrons. The first-order chi connectivity index (χ1) is 16.5. The van der Waals surface area contributed by atoms with Gasteiger partial charge in [-0.15, -0.1) is 0 Å². The van der Waals surface area contributed by atoms with E-state index in [2.05, 4.69) is 26.0 Å². The Bertz CT molecular complexity index is 1130. The summed E-state index contributed by atoms with van der Waals surface area (Å²) in [5, 5.41) is 12.1. The van der Waals surface area contributed by atoms with Gasteiger partial charge in [-0.05, 0) is 6.08 Å². The number of aliphatic hydroxyl groups excluding tert-OH is 1. The Labute approximate surface area is 206 Å². The standard InChI is InChI=1S/C20H22F2N4O4.CH3ClO2S/c1-28-16-8-17(29-2)19(22)15(18(16)21)12-30-14-9-23-20(24-10-14)25-13-4-3-5-26(11-13)6-7-27;1-5(2,3)4/h3-4,8-11,27H,5-7,12H2,1-2H3,(H,23,24,25);1H3. The van der Waals surface area contributed by atoms with Crippen molar-refractivity contribution in [1.82, 2.24) is 14.9 Å². The normalized spacial score (nSPS) is 12.9. The van der Waals surface area contributed by atoms with E-state index < -0.39 is 27.3 Å². The first-order valence-corrected chi connectivity index (χ1v) is 12.7. The van der Waals surface area contributed by atoms with Gasteiger partial charge < -0.3 is 29.5 Å². The summed E-state index contributed by atoms with van der Waals surface area (Å²) in [6, 6.07) is 1.13. The van der Waals surface area contributed by atoms with Crippen LogP contribution in [-0.4, -0.2) is 68.6 Å². The van der Waals surface area contributed by atoms with Gasteiger partial charge in [0.2, 0.25) is 15.0 Å². The van der Waals surface area contributed by atoms with Gasteiger partial charge in [-0.25, -0.2) is 27.2 Å². The smallest absolute Gasteiger partial charge is 0.229 e. The highest BCUT2D eigenvalue weighted by Gasteiger charge is 2.20. The lowest BCUT2D eigenvalue weighted by Crippen LogP contribution is -2.25. The molecule has 0 amide bonds. The number of rotatable bonds is 9. The molecule has 3 rings (SSSR count). The van der Waals surface area contributed by atoms with Crippen LogP contribution in [0, 0.1) is 11.6 Å². The molecule has 14 heteroatoms. The first kappa shape index (κ1) is 28.1. The van der Waals surface area contributed by atoms with Gasteiger partial charge in [0.1, 0.15) is 6.61 Å². The summed E-state index contributed by atoms with van der Waals surface area (Å²) in [7, 11) is 3.86. The number of nitrogens with zero attached hydrogens (tertiary/aromatic N) is 3. The van der Waals surface area contributed by atoms with Crippen LogP contribution in [-0.2, 0) is 15.7 Å². The average molecular weight is 535 g/mol. The van der Waals surface area contributed by atoms with Crippen LogP contribution in [0.4, 0.5) is 14.7 Å². The third-order valence-corrected chi connectivity index (χ3v) is 4.28. The zero-order valence-corrected chi connectivity index (χ0v) is 20.7. The summed E-state index contributed by atoms with van der Waals surface area (Å²) < 4.78 is 62.8. The van der Waals surface area contributed by atoms with Gasteiger partial charge >= 0.3 is 0 Å². The number of benzene rings is 1. The molecule has 2 N–H and O–H groups in total. The van der Waals surface area contributed by atoms with Gasteiger partial charge in [0.05, 0.1) is 50.7 Å². The van der Waals surface area contributed by atoms with Crippen LogP contribution < -0.4 is 19.5 Å². The molecular weight excluding hydrogens is 510 g/mol. The fourth-order valence-electron chi connectivity index (χ4n) is 2.77. The summed E-state index contributed by atoms with van der Waals surface area (Å²) in [6.45, 7) is 0.888. The molecule has 1 aliphatic heterocycles. The molecule has 0 spiro atoms. The first-order valence-electron chi connectivity index (χ1n) is 9.99. The number of halogens is 3. The monoisotopic (exact) mass is 534 g/mol. The number of ether oxygens (including phenoxy) is 3. The molecule has 1 aromatic heterocycles. The van der Waals surface area contributed by atoms with Crippen molar-refractivity contribution >= 4 is 25.7 Å². The maximum absolute atomic E-state index is 14.4. The molecule has 0 unspecified atom stereocenters. The molecule has 192 valence electrons. The van der Waals surface area contributed by atoms with Gasteiger partial charge in [-0.3, -0.25) is 0 Å². The Hall–Kier alpha value is -3.16. The van der Waals surface area contributed by atoms with E-state index >= 15 is 0 Å². The number of β-amino-alcohol motifs (C(OH)–C–C–N with tert-alkyl or cyclic N) is 1. The van der Waals surface area contributed by atoms with Crippen LogP contribution in [0.3, 0.4) is 0 Å². The molecule has 0 saturated carbocycles. The number of nitrogens with one attached hydrogen (secondary N) is 1. The lowest BCUT2D eigenvalue weighted by molar-refractivity contribution is 0.244. The number of hydrogen-bond acceptors (Lipinski definition) is 10. The quantitative estimate of drug-likeness (QED) is 0.464. The van der Waals surface area contributed by atoms with E-state index in [1.807, 2.05) is 23.3 Å². The van der Waals surface area contributed by atoms with Crippen molar-refractivity contribution < 1.29 is 36.5 Å². The maximum atomic E-state index is 14.4. The van der Waals surface area contributed by atoms with Crippen molar-refractivity contribution in [1.29, 1.82) is 0 Å². The third kappa shape index (κ3) is 9.19. The minimum Gasteiger partial charge on any atom is -0.494 e. The Morgan fingerprint density at radius 1 is 1.17 bits per heavy atom. The Kier molecular flexibility index (Phi) is 10.5. The third-order valence-electron chi connectivity index (χ3n) is 4.28. The number of aliphatic hydroxyl groups is 1. The molecule has 10 nitrogen and oxygen atoms in total. The summed E-state index contributed by atoms with van der Waals surface area (Å²) in [5.74, 6) is -1.46. The number of allylic oxidation sites excluding steroid dienone is 1. The minimum atomic E-state index is -3.19. The van der Waals surface area contributed by atoms with E-state index in [0.717, 1.165) is 18.0 Å². The van der Waals surface area contributed by atoms with E-state index in [-0.39, 0.29) is 29.4 Å². The highest BCUT2D eigenvalue weighted by Crippen LogP contribution is 2.32. The number of methoxy groups -OCH3 is 2. The molecule has 0 fully saturated rings. The van der Waals surface area contributed by atoms with Gasteiger partial charge in [0.15, 0.2) is 28.9 Å². The van der Waals surface area contributed by atoms with Crippen molar-refractivity contribution in [3.63, 3.8) is 0 Å². The van der Waals surface area contributed by atoms with Crippen LogP contribution in [0.1, 0.15) is 5.56 Å². The molecule has 2 heterocycles. The van der Waals surface area contributed by atoms with Crippen molar-refractivity contribution in [3.05, 3.63) is 59.7 Å². The fourth-order valence-corrected chi connectivity index (χ4v) is 2.77. The van der Waals surface area contributed by atoms with E-state index in [0.29, 0.717) is 19.0 Å². The second-order valence-corrected chi connectivity index (χ2v) is 9.98. The van der Waals surface area contributed by atoms with Crippen LogP contribution in [0.25, 0.3) is 0 Å². The second kappa shape index (κ2) is 13.1. The summed E-state index contributed by atoms with van der Waals surface area (Å²) in [6.07, 6.45) is 9.38. The number of aromatic nitrogens is 2. The lowest BCUT2D eigenvalue weighted by Gasteiger charge is -2.22. The fraction of sp³-hybridized carbons (Fsp3) is 0.333. The van der Waals surface area contributed by atoms with E-state index in [4.69, 9.17) is 19.3 Å². The van der Waals surface area contributed by atoms with Crippen molar-refractivity contribution in [2.45, 2.75) is 6.61 Å². The zero-order chi connectivity index (χ0) is 26.0. The molecule has 1 aliphatic rings. The average Bonchev–Trinajstić information content (AvgIpc) is 2.80. The molecule has 1 aromatic carbocycles. The van der Waals surface area contributed by atoms with Gasteiger partial charge in [0, 0.05) is 36.0 Å². The van der Waals surface area contributed by atoms with Crippen molar-refractivity contribution in [2.75, 3.05) is 45.5 Å². The molecule has 0 atom stereocenters. The zero-order valence-electron chi connectivity index (χ0n) is 19.2. The number of anilines is 1. The van der Waals surface area contributed by atoms with E-state index in [1.54, 1.807) is 0 Å². The molecular formula is C21H25ClF2N4O6S.